The third-order valence-corrected chi connectivity index (χ3v) is 6.43. The van der Waals surface area contributed by atoms with Crippen molar-refractivity contribution in [2.45, 2.75) is 31.5 Å². The van der Waals surface area contributed by atoms with Crippen molar-refractivity contribution >= 4 is 22.6 Å². The molecule has 5 rings (SSSR count). The molecule has 0 bridgehead atoms. The van der Waals surface area contributed by atoms with E-state index < -0.39 is 0 Å². The molecule has 2 aliphatic rings. The third-order valence-electron chi connectivity index (χ3n) is 6.43. The number of nitrogens with one attached hydrogen (secondary N) is 3. The number of carbonyl (C=O) groups excluding carboxylic acids is 2. The van der Waals surface area contributed by atoms with Crippen molar-refractivity contribution in [1.29, 1.82) is 0 Å². The van der Waals surface area contributed by atoms with Crippen LogP contribution in [0, 0.1) is 5.92 Å². The number of fused-ring (bicyclic) bond motifs is 1. The second kappa shape index (κ2) is 9.06. The fourth-order valence-electron chi connectivity index (χ4n) is 4.71. The minimum absolute atomic E-state index is 0.00212. The second-order valence-electron chi connectivity index (χ2n) is 8.54. The number of carbonyl (C=O) groups is 2. The summed E-state index contributed by atoms with van der Waals surface area (Å²) < 4.78 is 0. The molecule has 2 fully saturated rings. The summed E-state index contributed by atoms with van der Waals surface area (Å²) in [6.07, 6.45) is 5.76. The van der Waals surface area contributed by atoms with Crippen LogP contribution in [0.3, 0.4) is 0 Å². The Morgan fingerprint density at radius 1 is 1.00 bits per heavy atom. The van der Waals surface area contributed by atoms with E-state index in [2.05, 4.69) is 21.2 Å². The second-order valence-corrected chi connectivity index (χ2v) is 8.54. The van der Waals surface area contributed by atoms with Crippen LogP contribution in [0.15, 0.2) is 67.0 Å². The Balaban J connectivity index is 1.22. The Labute approximate surface area is 187 Å². The van der Waals surface area contributed by atoms with Crippen LogP contribution in [0.2, 0.25) is 0 Å². The van der Waals surface area contributed by atoms with Gasteiger partial charge in [-0.25, -0.2) is 10.9 Å². The molecule has 0 saturated carbocycles. The van der Waals surface area contributed by atoms with E-state index in [0.29, 0.717) is 18.7 Å². The monoisotopic (exact) mass is 429 g/mol. The van der Waals surface area contributed by atoms with E-state index in [1.165, 1.54) is 0 Å². The fourth-order valence-corrected chi connectivity index (χ4v) is 4.71. The maximum atomic E-state index is 13.3. The van der Waals surface area contributed by atoms with E-state index in [-0.39, 0.29) is 29.9 Å². The molecule has 7 nitrogen and oxygen atoms in total. The molecule has 164 valence electrons. The highest BCUT2D eigenvalue weighted by Crippen LogP contribution is 2.25. The van der Waals surface area contributed by atoms with Gasteiger partial charge >= 0.3 is 0 Å². The Hall–Kier alpha value is -3.29. The first-order chi connectivity index (χ1) is 15.7. The van der Waals surface area contributed by atoms with E-state index in [1.807, 2.05) is 59.5 Å². The number of nitrogens with zero attached hydrogens (tertiary/aromatic N) is 2. The first-order valence-corrected chi connectivity index (χ1v) is 11.2. The molecule has 0 aliphatic carbocycles. The lowest BCUT2D eigenvalue weighted by Crippen LogP contribution is -2.50. The number of hydrogen-bond acceptors (Lipinski definition) is 5. The van der Waals surface area contributed by atoms with Crippen LogP contribution in [0.4, 0.5) is 0 Å². The van der Waals surface area contributed by atoms with Gasteiger partial charge in [-0.1, -0.05) is 36.4 Å². The van der Waals surface area contributed by atoms with Gasteiger partial charge in [0.15, 0.2) is 0 Å². The van der Waals surface area contributed by atoms with Crippen LogP contribution in [0.1, 0.15) is 41.2 Å². The van der Waals surface area contributed by atoms with E-state index in [9.17, 15) is 9.59 Å². The van der Waals surface area contributed by atoms with Gasteiger partial charge in [0.25, 0.3) is 5.91 Å². The van der Waals surface area contributed by atoms with E-state index in [0.717, 1.165) is 35.6 Å². The van der Waals surface area contributed by atoms with Crippen molar-refractivity contribution in [3.63, 3.8) is 0 Å². The molecule has 2 amide bonds. The molecule has 2 saturated heterocycles. The molecular weight excluding hydrogens is 402 g/mol. The average molecular weight is 430 g/mol. The maximum absolute atomic E-state index is 13.3. The third kappa shape index (κ3) is 4.22. The molecule has 32 heavy (non-hydrogen) atoms. The highest BCUT2D eigenvalue weighted by Gasteiger charge is 2.32. The van der Waals surface area contributed by atoms with Crippen molar-refractivity contribution < 1.29 is 9.59 Å². The van der Waals surface area contributed by atoms with Crippen LogP contribution in [0.5, 0.6) is 0 Å². The standard InChI is InChI=1S/C25H27N5O2/c31-24(27-23-15-22(28-29-23)18-10-12-26-13-11-18)19-7-4-14-30(16-19)25(32)21-9-3-6-17-5-1-2-8-20(17)21/h1-3,5-6,8-13,19,22-23,28-29H,4,7,14-16H2,(H,27,31). The normalized spacial score (nSPS) is 23.2. The van der Waals surface area contributed by atoms with Crippen LogP contribution in [-0.2, 0) is 4.79 Å². The minimum Gasteiger partial charge on any atom is -0.339 e. The summed E-state index contributed by atoms with van der Waals surface area (Å²) in [4.78, 5) is 32.2. The number of piperidine rings is 1. The summed E-state index contributed by atoms with van der Waals surface area (Å²) >= 11 is 0. The van der Waals surface area contributed by atoms with Crippen molar-refractivity contribution in [3.05, 3.63) is 78.1 Å². The van der Waals surface area contributed by atoms with E-state index in [1.54, 1.807) is 12.4 Å². The molecule has 3 heterocycles. The topological polar surface area (TPSA) is 86.4 Å². The number of pyridine rings is 1. The van der Waals surface area contributed by atoms with Gasteiger partial charge in [-0.3, -0.25) is 14.6 Å². The lowest BCUT2D eigenvalue weighted by Gasteiger charge is -2.33. The molecule has 3 atom stereocenters. The Morgan fingerprint density at radius 2 is 1.81 bits per heavy atom. The zero-order valence-corrected chi connectivity index (χ0v) is 17.8. The number of hydrogen-bond donors (Lipinski definition) is 3. The first kappa shape index (κ1) is 20.6. The summed E-state index contributed by atoms with van der Waals surface area (Å²) in [5.41, 5.74) is 8.25. The lowest BCUT2D eigenvalue weighted by atomic mass is 9.95. The Bertz CT molecular complexity index is 1110. The SMILES string of the molecule is O=C(NC1CC(c2ccncc2)NN1)C1CCCN(C(=O)c2cccc3ccccc23)C1. The molecule has 3 unspecified atom stereocenters. The summed E-state index contributed by atoms with van der Waals surface area (Å²) in [7, 11) is 0. The Morgan fingerprint density at radius 3 is 2.69 bits per heavy atom. The average Bonchev–Trinajstić information content (AvgIpc) is 3.32. The van der Waals surface area contributed by atoms with Crippen molar-refractivity contribution in [2.24, 2.45) is 5.92 Å². The van der Waals surface area contributed by atoms with Crippen LogP contribution >= 0.6 is 0 Å². The number of amides is 2. The highest BCUT2D eigenvalue weighted by atomic mass is 16.2. The molecular formula is C25H27N5O2. The fraction of sp³-hybridized carbons (Fsp3) is 0.320. The van der Waals surface area contributed by atoms with Gasteiger partial charge in [-0.05, 0) is 47.4 Å². The summed E-state index contributed by atoms with van der Waals surface area (Å²) in [5.74, 6) is -0.211. The summed E-state index contributed by atoms with van der Waals surface area (Å²) in [6, 6.07) is 17.8. The number of benzene rings is 2. The summed E-state index contributed by atoms with van der Waals surface area (Å²) in [5, 5.41) is 5.11. The van der Waals surface area contributed by atoms with Gasteiger partial charge in [0.2, 0.25) is 5.91 Å². The molecule has 0 spiro atoms. The number of rotatable bonds is 4. The zero-order valence-electron chi connectivity index (χ0n) is 17.8. The predicted molar refractivity (Wildman–Crippen MR) is 122 cm³/mol. The van der Waals surface area contributed by atoms with Crippen LogP contribution in [-0.4, -0.2) is 41.0 Å². The quantitative estimate of drug-likeness (QED) is 0.594. The predicted octanol–water partition coefficient (Wildman–Crippen LogP) is 2.77. The van der Waals surface area contributed by atoms with Gasteiger partial charge in [0.05, 0.1) is 12.1 Å². The molecule has 7 heteroatoms. The van der Waals surface area contributed by atoms with Gasteiger partial charge < -0.3 is 10.2 Å². The van der Waals surface area contributed by atoms with Gasteiger partial charge in [0.1, 0.15) is 0 Å². The largest absolute Gasteiger partial charge is 0.339 e. The zero-order chi connectivity index (χ0) is 21.9. The van der Waals surface area contributed by atoms with Crippen molar-refractivity contribution in [2.75, 3.05) is 13.1 Å². The maximum Gasteiger partial charge on any atom is 0.254 e. The molecule has 1 aromatic heterocycles. The number of aromatic nitrogens is 1. The van der Waals surface area contributed by atoms with Crippen molar-refractivity contribution in [1.82, 2.24) is 26.1 Å². The molecule has 0 radical (unpaired) electrons. The lowest BCUT2D eigenvalue weighted by molar-refractivity contribution is -0.127. The van der Waals surface area contributed by atoms with Gasteiger partial charge in [0, 0.05) is 43.5 Å². The van der Waals surface area contributed by atoms with Crippen LogP contribution in [0.25, 0.3) is 10.8 Å². The van der Waals surface area contributed by atoms with Gasteiger partial charge in [-0.2, -0.15) is 0 Å². The van der Waals surface area contributed by atoms with E-state index >= 15 is 0 Å². The molecule has 2 aromatic carbocycles. The van der Waals surface area contributed by atoms with Crippen molar-refractivity contribution in [3.8, 4) is 0 Å². The van der Waals surface area contributed by atoms with Gasteiger partial charge in [-0.15, -0.1) is 0 Å². The molecule has 3 N–H and O–H groups in total. The minimum atomic E-state index is -0.204. The summed E-state index contributed by atoms with van der Waals surface area (Å²) in [6.45, 7) is 1.13. The first-order valence-electron chi connectivity index (χ1n) is 11.2. The Kier molecular flexibility index (Phi) is 5.83. The number of hydrazine groups is 1. The van der Waals surface area contributed by atoms with Crippen LogP contribution < -0.4 is 16.2 Å². The highest BCUT2D eigenvalue weighted by molar-refractivity contribution is 6.07. The molecule has 2 aliphatic heterocycles. The smallest absolute Gasteiger partial charge is 0.254 e. The molecule has 3 aromatic rings. The number of likely N-dealkylation sites (tertiary alicyclic amines) is 1. The van der Waals surface area contributed by atoms with E-state index in [4.69, 9.17) is 0 Å².